The summed E-state index contributed by atoms with van der Waals surface area (Å²) in [7, 11) is 0. The quantitative estimate of drug-likeness (QED) is 0.410. The van der Waals surface area contributed by atoms with Crippen LogP contribution in [-0.4, -0.2) is 41.1 Å². The molecule has 0 atom stereocenters. The van der Waals surface area contributed by atoms with Crippen LogP contribution in [-0.2, 0) is 17.8 Å². The lowest BCUT2D eigenvalue weighted by molar-refractivity contribution is 0.0214. The van der Waals surface area contributed by atoms with Crippen molar-refractivity contribution in [1.29, 1.82) is 0 Å². The second kappa shape index (κ2) is 9.21. The number of ether oxygens (including phenoxy) is 1. The summed E-state index contributed by atoms with van der Waals surface area (Å²) >= 11 is 6.37. The van der Waals surface area contributed by atoms with Crippen molar-refractivity contribution in [2.45, 2.75) is 97.9 Å². The van der Waals surface area contributed by atoms with Gasteiger partial charge in [-0.2, -0.15) is 5.10 Å². The number of aryl methyl sites for hydroxylation is 1. The first-order valence-electron chi connectivity index (χ1n) is 12.7. The molecule has 0 unspecified atom stereocenters. The highest BCUT2D eigenvalue weighted by molar-refractivity contribution is 6.30. The summed E-state index contributed by atoms with van der Waals surface area (Å²) in [5.41, 5.74) is 5.02. The van der Waals surface area contributed by atoms with E-state index in [9.17, 15) is 4.79 Å². The number of carbonyl (C=O) groups is 1. The third-order valence-electron chi connectivity index (χ3n) is 7.48. The van der Waals surface area contributed by atoms with Crippen LogP contribution in [0.5, 0.6) is 0 Å². The lowest BCUT2D eigenvalue weighted by Crippen LogP contribution is -2.35. The predicted octanol–water partition coefficient (Wildman–Crippen LogP) is 6.19. The van der Waals surface area contributed by atoms with Crippen molar-refractivity contribution in [3.05, 3.63) is 57.4 Å². The van der Waals surface area contributed by atoms with E-state index in [2.05, 4.69) is 40.2 Å². The molecule has 1 fully saturated rings. The zero-order valence-electron chi connectivity index (χ0n) is 22.0. The smallest absolute Gasteiger partial charge is 0.411 e. The standard InChI is InChI=1S/C27H35ClN6O2/c1-16-17(2)31-34(18(16)3)22-10-7-19(8-11-22)25-30-29-24-15-32(26(35)36-27(4,5)6)14-20-13-21(28)9-12-23(20)33(24)25/h9,12-13,19,22H,7-8,10-11,14-15H2,1-6H3/t19-,22-. The molecule has 1 amide bonds. The van der Waals surface area contributed by atoms with E-state index in [0.717, 1.165) is 54.3 Å². The van der Waals surface area contributed by atoms with Gasteiger partial charge in [0, 0.05) is 16.6 Å². The topological polar surface area (TPSA) is 78.1 Å². The van der Waals surface area contributed by atoms with Crippen molar-refractivity contribution in [2.24, 2.45) is 0 Å². The fourth-order valence-corrected chi connectivity index (χ4v) is 5.62. The van der Waals surface area contributed by atoms with Gasteiger partial charge >= 0.3 is 6.09 Å². The number of halogens is 1. The summed E-state index contributed by atoms with van der Waals surface area (Å²) in [6.07, 6.45) is 3.75. The Morgan fingerprint density at radius 3 is 2.42 bits per heavy atom. The molecule has 192 valence electrons. The van der Waals surface area contributed by atoms with Crippen molar-refractivity contribution in [1.82, 2.24) is 29.4 Å². The number of fused-ring (bicyclic) bond motifs is 3. The maximum atomic E-state index is 13.0. The number of nitrogens with zero attached hydrogens (tertiary/aromatic N) is 6. The van der Waals surface area contributed by atoms with Crippen molar-refractivity contribution < 1.29 is 9.53 Å². The Morgan fingerprint density at radius 2 is 1.78 bits per heavy atom. The predicted molar refractivity (Wildman–Crippen MR) is 139 cm³/mol. The van der Waals surface area contributed by atoms with Gasteiger partial charge in [0.1, 0.15) is 11.4 Å². The van der Waals surface area contributed by atoms with Crippen molar-refractivity contribution in [3.8, 4) is 5.69 Å². The number of hydrogen-bond acceptors (Lipinski definition) is 5. The normalized spacial score (nSPS) is 20.0. The van der Waals surface area contributed by atoms with E-state index in [1.807, 2.05) is 39.0 Å². The maximum absolute atomic E-state index is 13.0. The molecule has 36 heavy (non-hydrogen) atoms. The Kier molecular flexibility index (Phi) is 6.35. The SMILES string of the molecule is Cc1nn([C@H]2CC[C@H](c3nnc4n3-c3ccc(Cl)cc3CN(C(=O)OC(C)(C)C)C4)CC2)c(C)c1C. The van der Waals surface area contributed by atoms with E-state index in [1.165, 1.54) is 11.3 Å². The molecule has 2 aliphatic rings. The van der Waals surface area contributed by atoms with Gasteiger partial charge in [-0.25, -0.2) is 4.79 Å². The Morgan fingerprint density at radius 1 is 1.06 bits per heavy atom. The van der Waals surface area contributed by atoms with Gasteiger partial charge in [0.05, 0.1) is 30.5 Å². The molecule has 0 N–H and O–H groups in total. The zero-order valence-corrected chi connectivity index (χ0v) is 22.8. The second-order valence-corrected chi connectivity index (χ2v) is 11.6. The fraction of sp³-hybridized carbons (Fsp3) is 0.556. The van der Waals surface area contributed by atoms with E-state index >= 15 is 0 Å². The van der Waals surface area contributed by atoms with E-state index in [0.29, 0.717) is 24.2 Å². The van der Waals surface area contributed by atoms with Gasteiger partial charge in [0.2, 0.25) is 0 Å². The van der Waals surface area contributed by atoms with E-state index in [-0.39, 0.29) is 12.0 Å². The lowest BCUT2D eigenvalue weighted by Gasteiger charge is -2.29. The monoisotopic (exact) mass is 510 g/mol. The second-order valence-electron chi connectivity index (χ2n) is 11.2. The number of hydrogen-bond donors (Lipinski definition) is 0. The van der Waals surface area contributed by atoms with E-state index in [1.54, 1.807) is 4.90 Å². The first kappa shape index (κ1) is 24.8. The van der Waals surface area contributed by atoms with Gasteiger partial charge in [-0.3, -0.25) is 14.1 Å². The highest BCUT2D eigenvalue weighted by Crippen LogP contribution is 2.40. The van der Waals surface area contributed by atoms with Gasteiger partial charge in [-0.15, -0.1) is 10.2 Å². The average Bonchev–Trinajstić information content (AvgIpc) is 3.28. The number of amides is 1. The molecule has 0 saturated heterocycles. The third-order valence-corrected chi connectivity index (χ3v) is 7.71. The number of carbonyl (C=O) groups excluding carboxylic acids is 1. The molecular formula is C27H35ClN6O2. The van der Waals surface area contributed by atoms with Crippen LogP contribution < -0.4 is 0 Å². The minimum atomic E-state index is -0.581. The summed E-state index contributed by atoms with van der Waals surface area (Å²) in [4.78, 5) is 14.7. The largest absolute Gasteiger partial charge is 0.444 e. The first-order chi connectivity index (χ1) is 17.0. The molecule has 1 aliphatic carbocycles. The van der Waals surface area contributed by atoms with Gasteiger partial charge < -0.3 is 4.74 Å². The molecule has 8 nitrogen and oxygen atoms in total. The fourth-order valence-electron chi connectivity index (χ4n) is 5.43. The molecule has 1 aromatic carbocycles. The van der Waals surface area contributed by atoms with Gasteiger partial charge in [-0.05, 0) is 96.6 Å². The minimum Gasteiger partial charge on any atom is -0.444 e. The van der Waals surface area contributed by atoms with E-state index in [4.69, 9.17) is 21.4 Å². The summed E-state index contributed by atoms with van der Waals surface area (Å²) < 4.78 is 10.0. The van der Waals surface area contributed by atoms with Gasteiger partial charge in [0.15, 0.2) is 5.82 Å². The van der Waals surface area contributed by atoms with Crippen LogP contribution in [0.25, 0.3) is 5.69 Å². The van der Waals surface area contributed by atoms with Crippen LogP contribution in [0.4, 0.5) is 4.79 Å². The molecule has 3 heterocycles. The van der Waals surface area contributed by atoms with Crippen LogP contribution in [0.3, 0.4) is 0 Å². The van der Waals surface area contributed by atoms with Gasteiger partial charge in [-0.1, -0.05) is 11.6 Å². The molecule has 0 radical (unpaired) electrons. The Hall–Kier alpha value is -2.87. The van der Waals surface area contributed by atoms with Crippen LogP contribution >= 0.6 is 11.6 Å². The Labute approximate surface area is 217 Å². The van der Waals surface area contributed by atoms with Crippen LogP contribution in [0.15, 0.2) is 18.2 Å². The Bertz CT molecular complexity index is 1300. The summed E-state index contributed by atoms with van der Waals surface area (Å²) in [6, 6.07) is 6.24. The molecule has 3 aromatic rings. The molecular weight excluding hydrogens is 476 g/mol. The molecule has 2 aromatic heterocycles. The summed E-state index contributed by atoms with van der Waals surface area (Å²) in [5, 5.41) is 14.7. The zero-order chi connectivity index (χ0) is 25.8. The highest BCUT2D eigenvalue weighted by Gasteiger charge is 2.33. The maximum Gasteiger partial charge on any atom is 0.411 e. The molecule has 9 heteroatoms. The minimum absolute atomic E-state index is 0.289. The van der Waals surface area contributed by atoms with Crippen molar-refractivity contribution in [3.63, 3.8) is 0 Å². The molecule has 1 aliphatic heterocycles. The van der Waals surface area contributed by atoms with Crippen LogP contribution in [0.2, 0.25) is 5.02 Å². The van der Waals surface area contributed by atoms with Crippen LogP contribution in [0.1, 0.15) is 92.6 Å². The first-order valence-corrected chi connectivity index (χ1v) is 13.1. The van der Waals surface area contributed by atoms with Crippen molar-refractivity contribution >= 4 is 17.7 Å². The number of rotatable bonds is 2. The Balaban J connectivity index is 1.44. The average molecular weight is 511 g/mol. The lowest BCUT2D eigenvalue weighted by atomic mass is 9.85. The van der Waals surface area contributed by atoms with Gasteiger partial charge in [0.25, 0.3) is 0 Å². The molecule has 5 rings (SSSR count). The number of aromatic nitrogens is 5. The molecule has 0 bridgehead atoms. The highest BCUT2D eigenvalue weighted by atomic mass is 35.5. The molecule has 1 saturated carbocycles. The number of benzene rings is 1. The summed E-state index contributed by atoms with van der Waals surface area (Å²) in [5.74, 6) is 1.99. The third kappa shape index (κ3) is 4.63. The van der Waals surface area contributed by atoms with E-state index < -0.39 is 5.60 Å². The summed E-state index contributed by atoms with van der Waals surface area (Å²) in [6.45, 7) is 12.7. The van der Waals surface area contributed by atoms with Crippen LogP contribution in [0, 0.1) is 20.8 Å². The van der Waals surface area contributed by atoms with Crippen molar-refractivity contribution in [2.75, 3.05) is 0 Å². The molecule has 0 spiro atoms.